The standard InChI is InChI=1S/C9H14BrN3O/c1-4-7(10)9(14)11-8-5(2)12-13-6(8)3/h7H,4H2,1-3H3,(H,11,14)(H,12,13). The molecule has 2 N–H and O–H groups in total. The molecule has 14 heavy (non-hydrogen) atoms. The van der Waals surface area contributed by atoms with Gasteiger partial charge in [0.25, 0.3) is 0 Å². The summed E-state index contributed by atoms with van der Waals surface area (Å²) in [6.45, 7) is 5.69. The van der Waals surface area contributed by atoms with E-state index in [1.54, 1.807) is 0 Å². The van der Waals surface area contributed by atoms with Gasteiger partial charge in [0.1, 0.15) is 0 Å². The van der Waals surface area contributed by atoms with Crippen molar-refractivity contribution in [3.05, 3.63) is 11.4 Å². The minimum Gasteiger partial charge on any atom is -0.322 e. The second-order valence-corrected chi connectivity index (χ2v) is 4.28. The molecular formula is C9H14BrN3O. The predicted octanol–water partition coefficient (Wildman–Crippen LogP) is 2.14. The average molecular weight is 260 g/mol. The first-order valence-electron chi connectivity index (χ1n) is 4.52. The van der Waals surface area contributed by atoms with Gasteiger partial charge >= 0.3 is 0 Å². The molecular weight excluding hydrogens is 246 g/mol. The Balaban J connectivity index is 2.74. The van der Waals surface area contributed by atoms with Gasteiger partial charge in [-0.25, -0.2) is 0 Å². The fraction of sp³-hybridized carbons (Fsp3) is 0.556. The first-order chi connectivity index (χ1) is 6.56. The van der Waals surface area contributed by atoms with E-state index < -0.39 is 0 Å². The fourth-order valence-electron chi connectivity index (χ4n) is 1.12. The van der Waals surface area contributed by atoms with Crippen molar-refractivity contribution >= 4 is 27.5 Å². The number of nitrogens with zero attached hydrogens (tertiary/aromatic N) is 1. The molecule has 0 aliphatic carbocycles. The smallest absolute Gasteiger partial charge is 0.238 e. The molecule has 1 amide bonds. The molecule has 0 aliphatic rings. The van der Waals surface area contributed by atoms with Gasteiger partial charge in [0.05, 0.1) is 21.9 Å². The zero-order valence-electron chi connectivity index (χ0n) is 8.52. The molecule has 1 aromatic heterocycles. The number of hydrogen-bond donors (Lipinski definition) is 2. The van der Waals surface area contributed by atoms with Crippen molar-refractivity contribution in [1.82, 2.24) is 10.2 Å². The quantitative estimate of drug-likeness (QED) is 0.818. The highest BCUT2D eigenvalue weighted by Crippen LogP contribution is 2.17. The Bertz CT molecular complexity index is 315. The Kier molecular flexibility index (Phi) is 3.69. The molecule has 0 fully saturated rings. The Morgan fingerprint density at radius 1 is 1.64 bits per heavy atom. The van der Waals surface area contributed by atoms with Crippen molar-refractivity contribution in [1.29, 1.82) is 0 Å². The molecule has 1 heterocycles. The number of aryl methyl sites for hydroxylation is 2. The normalized spacial score (nSPS) is 12.6. The maximum Gasteiger partial charge on any atom is 0.238 e. The molecule has 0 aliphatic heterocycles. The van der Waals surface area contributed by atoms with E-state index >= 15 is 0 Å². The van der Waals surface area contributed by atoms with E-state index in [1.165, 1.54) is 0 Å². The summed E-state index contributed by atoms with van der Waals surface area (Å²) < 4.78 is 0. The minimum atomic E-state index is -0.142. The van der Waals surface area contributed by atoms with E-state index in [2.05, 4.69) is 31.4 Å². The summed E-state index contributed by atoms with van der Waals surface area (Å²) >= 11 is 3.29. The van der Waals surface area contributed by atoms with Gasteiger partial charge in [0, 0.05) is 0 Å². The highest BCUT2D eigenvalue weighted by Gasteiger charge is 2.15. The Morgan fingerprint density at radius 3 is 2.71 bits per heavy atom. The van der Waals surface area contributed by atoms with Crippen LogP contribution in [0.25, 0.3) is 0 Å². The largest absolute Gasteiger partial charge is 0.322 e. The molecule has 78 valence electrons. The molecule has 0 radical (unpaired) electrons. The van der Waals surface area contributed by atoms with Crippen LogP contribution in [0.1, 0.15) is 24.7 Å². The van der Waals surface area contributed by atoms with Crippen LogP contribution in [0.4, 0.5) is 5.69 Å². The molecule has 0 aromatic carbocycles. The number of aromatic amines is 1. The van der Waals surface area contributed by atoms with Crippen molar-refractivity contribution in [3.8, 4) is 0 Å². The minimum absolute atomic E-state index is 0.0277. The molecule has 0 bridgehead atoms. The summed E-state index contributed by atoms with van der Waals surface area (Å²) in [5.41, 5.74) is 2.48. The molecule has 4 nitrogen and oxygen atoms in total. The van der Waals surface area contributed by atoms with Gasteiger partial charge in [-0.2, -0.15) is 5.10 Å². The second kappa shape index (κ2) is 4.59. The summed E-state index contributed by atoms with van der Waals surface area (Å²) in [5, 5.41) is 9.65. The lowest BCUT2D eigenvalue weighted by Crippen LogP contribution is -2.22. The van der Waals surface area contributed by atoms with Gasteiger partial charge in [0.2, 0.25) is 5.91 Å². The van der Waals surface area contributed by atoms with Crippen LogP contribution in [0.5, 0.6) is 0 Å². The molecule has 0 saturated carbocycles. The highest BCUT2D eigenvalue weighted by molar-refractivity contribution is 9.10. The molecule has 1 rings (SSSR count). The van der Waals surface area contributed by atoms with Crippen LogP contribution in [0.3, 0.4) is 0 Å². The lowest BCUT2D eigenvalue weighted by atomic mass is 10.2. The van der Waals surface area contributed by atoms with Crippen LogP contribution in [0.15, 0.2) is 0 Å². The van der Waals surface area contributed by atoms with Crippen molar-refractivity contribution in [3.63, 3.8) is 0 Å². The van der Waals surface area contributed by atoms with E-state index in [-0.39, 0.29) is 10.7 Å². The highest BCUT2D eigenvalue weighted by atomic mass is 79.9. The number of nitrogens with one attached hydrogen (secondary N) is 2. The van der Waals surface area contributed by atoms with Gasteiger partial charge in [-0.15, -0.1) is 0 Å². The second-order valence-electron chi connectivity index (χ2n) is 3.17. The Morgan fingerprint density at radius 2 is 2.29 bits per heavy atom. The molecule has 0 saturated heterocycles. The zero-order chi connectivity index (χ0) is 10.7. The van der Waals surface area contributed by atoms with Gasteiger partial charge in [-0.1, -0.05) is 22.9 Å². The van der Waals surface area contributed by atoms with E-state index in [1.807, 2.05) is 20.8 Å². The summed E-state index contributed by atoms with van der Waals surface area (Å²) in [6, 6.07) is 0. The molecule has 1 unspecified atom stereocenters. The van der Waals surface area contributed by atoms with Gasteiger partial charge in [0.15, 0.2) is 0 Å². The molecule has 1 atom stereocenters. The monoisotopic (exact) mass is 259 g/mol. The van der Waals surface area contributed by atoms with Crippen molar-refractivity contribution in [2.24, 2.45) is 0 Å². The lowest BCUT2D eigenvalue weighted by molar-refractivity contribution is -0.115. The Hall–Kier alpha value is -0.840. The van der Waals surface area contributed by atoms with Crippen molar-refractivity contribution < 1.29 is 4.79 Å². The summed E-state index contributed by atoms with van der Waals surface area (Å²) in [4.78, 5) is 11.4. The number of rotatable bonds is 3. The number of carbonyl (C=O) groups is 1. The van der Waals surface area contributed by atoms with E-state index in [9.17, 15) is 4.79 Å². The topological polar surface area (TPSA) is 57.8 Å². The fourth-order valence-corrected chi connectivity index (χ4v) is 1.24. The Labute approximate surface area is 91.6 Å². The van der Waals surface area contributed by atoms with Gasteiger partial charge in [-0.3, -0.25) is 9.89 Å². The van der Waals surface area contributed by atoms with Crippen molar-refractivity contribution in [2.45, 2.75) is 32.0 Å². The average Bonchev–Trinajstić information content (AvgIpc) is 2.48. The number of halogens is 1. The third-order valence-electron chi connectivity index (χ3n) is 2.02. The van der Waals surface area contributed by atoms with Gasteiger partial charge in [-0.05, 0) is 20.3 Å². The molecule has 0 spiro atoms. The van der Waals surface area contributed by atoms with Crippen LogP contribution >= 0.6 is 15.9 Å². The summed E-state index contributed by atoms with van der Waals surface area (Å²) in [7, 11) is 0. The maximum atomic E-state index is 11.5. The van der Waals surface area contributed by atoms with Crippen LogP contribution in [-0.4, -0.2) is 20.9 Å². The lowest BCUT2D eigenvalue weighted by Gasteiger charge is -2.08. The van der Waals surface area contributed by atoms with Gasteiger partial charge < -0.3 is 5.32 Å². The number of hydrogen-bond acceptors (Lipinski definition) is 2. The van der Waals surface area contributed by atoms with E-state index in [0.29, 0.717) is 0 Å². The number of carbonyl (C=O) groups excluding carboxylic acids is 1. The van der Waals surface area contributed by atoms with Crippen LogP contribution < -0.4 is 5.32 Å². The van der Waals surface area contributed by atoms with E-state index in [0.717, 1.165) is 23.5 Å². The number of amides is 1. The number of alkyl halides is 1. The van der Waals surface area contributed by atoms with E-state index in [4.69, 9.17) is 0 Å². The predicted molar refractivity (Wildman–Crippen MR) is 59.7 cm³/mol. The number of H-pyrrole nitrogens is 1. The third-order valence-corrected chi connectivity index (χ3v) is 3.08. The van der Waals surface area contributed by atoms with Crippen molar-refractivity contribution in [2.75, 3.05) is 5.32 Å². The molecule has 1 aromatic rings. The molecule has 5 heteroatoms. The first kappa shape index (κ1) is 11.2. The van der Waals surface area contributed by atoms with Crippen LogP contribution in [0, 0.1) is 13.8 Å². The third kappa shape index (κ3) is 2.35. The number of aromatic nitrogens is 2. The maximum absolute atomic E-state index is 11.5. The van der Waals surface area contributed by atoms with Crippen LogP contribution in [0.2, 0.25) is 0 Å². The first-order valence-corrected chi connectivity index (χ1v) is 5.44. The summed E-state index contributed by atoms with van der Waals surface area (Å²) in [6.07, 6.45) is 0.766. The number of anilines is 1. The summed E-state index contributed by atoms with van der Waals surface area (Å²) in [5.74, 6) is -0.0277. The van der Waals surface area contributed by atoms with Crippen LogP contribution in [-0.2, 0) is 4.79 Å². The zero-order valence-corrected chi connectivity index (χ0v) is 10.1. The SMILES string of the molecule is CCC(Br)C(=O)Nc1c(C)n[nH]c1C.